The summed E-state index contributed by atoms with van der Waals surface area (Å²) >= 11 is 0. The number of hydrogen-bond donors (Lipinski definition) is 0. The van der Waals surface area contributed by atoms with Crippen molar-refractivity contribution >= 4 is 0 Å². The van der Waals surface area contributed by atoms with E-state index >= 15 is 0 Å². The summed E-state index contributed by atoms with van der Waals surface area (Å²) in [6.07, 6.45) is 3.55. The fourth-order valence-corrected chi connectivity index (χ4v) is 2.84. The van der Waals surface area contributed by atoms with E-state index in [1.54, 1.807) is 0 Å². The van der Waals surface area contributed by atoms with E-state index in [4.69, 9.17) is 4.74 Å². The van der Waals surface area contributed by atoms with Gasteiger partial charge in [0.2, 0.25) is 0 Å². The first-order chi connectivity index (χ1) is 7.56. The van der Waals surface area contributed by atoms with Crippen molar-refractivity contribution in [2.45, 2.75) is 52.4 Å². The molecule has 0 unspecified atom stereocenters. The molecule has 1 aliphatic carbocycles. The highest BCUT2D eigenvalue weighted by Crippen LogP contribution is 2.42. The first-order valence-corrected chi connectivity index (χ1v) is 6.32. The van der Waals surface area contributed by atoms with Crippen molar-refractivity contribution in [2.75, 3.05) is 6.61 Å². The molecule has 0 aliphatic heterocycles. The molecule has 0 radical (unpaired) electrons. The third-order valence-corrected chi connectivity index (χ3v) is 3.66. The molecule has 1 nitrogen and oxygen atoms in total. The van der Waals surface area contributed by atoms with E-state index in [1.165, 1.54) is 29.5 Å². The maximum absolute atomic E-state index is 5.80. The molecule has 1 aromatic rings. The summed E-state index contributed by atoms with van der Waals surface area (Å²) in [7, 11) is 0. The maximum atomic E-state index is 5.80. The molecular formula is C15H22O. The molecule has 88 valence electrons. The van der Waals surface area contributed by atoms with Crippen molar-refractivity contribution in [2.24, 2.45) is 0 Å². The van der Waals surface area contributed by atoms with Crippen LogP contribution in [0.5, 0.6) is 5.75 Å². The van der Waals surface area contributed by atoms with Crippen LogP contribution in [0.3, 0.4) is 0 Å². The van der Waals surface area contributed by atoms with Gasteiger partial charge in [-0.05, 0) is 54.4 Å². The van der Waals surface area contributed by atoms with E-state index in [9.17, 15) is 0 Å². The Labute approximate surface area is 98.8 Å². The zero-order chi connectivity index (χ0) is 11.8. The lowest BCUT2D eigenvalue weighted by Crippen LogP contribution is -2.14. The molecule has 1 heteroatoms. The minimum absolute atomic E-state index is 0.324. The number of rotatable bonds is 3. The molecule has 0 saturated heterocycles. The highest BCUT2D eigenvalue weighted by Gasteiger charge is 2.32. The first-order valence-electron chi connectivity index (χ1n) is 6.32. The maximum Gasteiger partial charge on any atom is 0.122 e. The zero-order valence-electron chi connectivity index (χ0n) is 10.9. The highest BCUT2D eigenvalue weighted by molar-refractivity contribution is 5.50. The Hall–Kier alpha value is -0.980. The Morgan fingerprint density at radius 3 is 2.75 bits per heavy atom. The van der Waals surface area contributed by atoms with E-state index in [-0.39, 0.29) is 0 Å². The molecule has 1 aliphatic rings. The Morgan fingerprint density at radius 1 is 1.31 bits per heavy atom. The van der Waals surface area contributed by atoms with Crippen molar-refractivity contribution in [3.8, 4) is 5.75 Å². The quantitative estimate of drug-likeness (QED) is 0.745. The lowest BCUT2D eigenvalue weighted by Gasteiger charge is -2.23. The van der Waals surface area contributed by atoms with Crippen LogP contribution in [0.15, 0.2) is 12.1 Å². The number of fused-ring (bicyclic) bond motifs is 1. The van der Waals surface area contributed by atoms with Gasteiger partial charge in [-0.15, -0.1) is 0 Å². The van der Waals surface area contributed by atoms with Crippen molar-refractivity contribution in [3.63, 3.8) is 0 Å². The van der Waals surface area contributed by atoms with Crippen molar-refractivity contribution in [1.82, 2.24) is 0 Å². The van der Waals surface area contributed by atoms with Crippen LogP contribution in [0.4, 0.5) is 0 Å². The minimum atomic E-state index is 0.324. The van der Waals surface area contributed by atoms with Crippen LogP contribution in [-0.4, -0.2) is 6.61 Å². The van der Waals surface area contributed by atoms with Gasteiger partial charge < -0.3 is 4.74 Å². The second-order valence-electron chi connectivity index (χ2n) is 5.46. The normalized spacial score (nSPS) is 17.2. The van der Waals surface area contributed by atoms with E-state index in [0.717, 1.165) is 18.8 Å². The van der Waals surface area contributed by atoms with Gasteiger partial charge in [-0.1, -0.05) is 26.8 Å². The van der Waals surface area contributed by atoms with E-state index < -0.39 is 0 Å². The fourth-order valence-electron chi connectivity index (χ4n) is 2.84. The fraction of sp³-hybridized carbons (Fsp3) is 0.600. The van der Waals surface area contributed by atoms with E-state index in [0.29, 0.717) is 5.41 Å². The van der Waals surface area contributed by atoms with E-state index in [1.807, 2.05) is 0 Å². The van der Waals surface area contributed by atoms with Crippen molar-refractivity contribution < 1.29 is 4.74 Å². The third-order valence-electron chi connectivity index (χ3n) is 3.66. The van der Waals surface area contributed by atoms with Crippen LogP contribution < -0.4 is 4.74 Å². The Morgan fingerprint density at radius 2 is 2.06 bits per heavy atom. The van der Waals surface area contributed by atoms with Crippen LogP contribution in [0.1, 0.15) is 50.3 Å². The lowest BCUT2D eigenvalue weighted by molar-refractivity contribution is 0.314. The molecule has 0 spiro atoms. The van der Waals surface area contributed by atoms with Crippen molar-refractivity contribution in [3.05, 3.63) is 28.8 Å². The molecule has 16 heavy (non-hydrogen) atoms. The average Bonchev–Trinajstić information content (AvgIpc) is 2.54. The Bertz CT molecular complexity index is 391. The molecule has 0 N–H and O–H groups in total. The molecule has 2 rings (SSSR count). The first kappa shape index (κ1) is 11.5. The molecule has 1 aromatic carbocycles. The summed E-state index contributed by atoms with van der Waals surface area (Å²) in [5.41, 5.74) is 4.73. The second-order valence-corrected chi connectivity index (χ2v) is 5.46. The van der Waals surface area contributed by atoms with Gasteiger partial charge >= 0.3 is 0 Å². The molecular weight excluding hydrogens is 196 g/mol. The minimum Gasteiger partial charge on any atom is -0.493 e. The topological polar surface area (TPSA) is 9.23 Å². The molecule has 0 fully saturated rings. The summed E-state index contributed by atoms with van der Waals surface area (Å²) in [5.74, 6) is 1.08. The van der Waals surface area contributed by atoms with Crippen LogP contribution in [0, 0.1) is 6.92 Å². The van der Waals surface area contributed by atoms with Crippen molar-refractivity contribution in [1.29, 1.82) is 0 Å². The predicted molar refractivity (Wildman–Crippen MR) is 68.3 cm³/mol. The molecule has 0 heterocycles. The summed E-state index contributed by atoms with van der Waals surface area (Å²) < 4.78 is 5.80. The van der Waals surface area contributed by atoms with Crippen LogP contribution in [0.25, 0.3) is 0 Å². The van der Waals surface area contributed by atoms with Gasteiger partial charge in [-0.2, -0.15) is 0 Å². The Balaban J connectivity index is 2.39. The Kier molecular flexibility index (Phi) is 2.96. The van der Waals surface area contributed by atoms with Crippen LogP contribution in [0.2, 0.25) is 0 Å². The number of aryl methyl sites for hydroxylation is 1. The zero-order valence-corrected chi connectivity index (χ0v) is 10.9. The van der Waals surface area contributed by atoms with Crippen LogP contribution in [-0.2, 0) is 11.8 Å². The second kappa shape index (κ2) is 4.12. The van der Waals surface area contributed by atoms with Gasteiger partial charge in [0.05, 0.1) is 6.61 Å². The summed E-state index contributed by atoms with van der Waals surface area (Å²) in [6, 6.07) is 4.40. The monoisotopic (exact) mass is 218 g/mol. The predicted octanol–water partition coefficient (Wildman–Crippen LogP) is 4.01. The van der Waals surface area contributed by atoms with Gasteiger partial charge in [0.15, 0.2) is 0 Å². The summed E-state index contributed by atoms with van der Waals surface area (Å²) in [4.78, 5) is 0. The number of ether oxygens (including phenoxy) is 1. The largest absolute Gasteiger partial charge is 0.493 e. The lowest BCUT2D eigenvalue weighted by atomic mass is 9.84. The average molecular weight is 218 g/mol. The van der Waals surface area contributed by atoms with Crippen LogP contribution >= 0.6 is 0 Å². The molecule has 0 bridgehead atoms. The summed E-state index contributed by atoms with van der Waals surface area (Å²) in [5, 5.41) is 0. The van der Waals surface area contributed by atoms with Gasteiger partial charge in [0.1, 0.15) is 5.75 Å². The SMILES string of the molecule is CCCOc1ccc2c(c1C)C(C)(C)CC2. The molecule has 0 atom stereocenters. The van der Waals surface area contributed by atoms with Gasteiger partial charge in [-0.3, -0.25) is 0 Å². The number of benzene rings is 1. The summed E-state index contributed by atoms with van der Waals surface area (Å²) in [6.45, 7) is 9.86. The molecule has 0 saturated carbocycles. The van der Waals surface area contributed by atoms with Gasteiger partial charge in [0.25, 0.3) is 0 Å². The standard InChI is InChI=1S/C15H22O/c1-5-10-16-13-7-6-12-8-9-15(3,4)14(12)11(13)2/h6-7H,5,8-10H2,1-4H3. The number of hydrogen-bond acceptors (Lipinski definition) is 1. The smallest absolute Gasteiger partial charge is 0.122 e. The third kappa shape index (κ3) is 1.83. The highest BCUT2D eigenvalue weighted by atomic mass is 16.5. The van der Waals surface area contributed by atoms with Gasteiger partial charge in [-0.25, -0.2) is 0 Å². The van der Waals surface area contributed by atoms with E-state index in [2.05, 4.69) is 39.8 Å². The molecule has 0 amide bonds. The van der Waals surface area contributed by atoms with Gasteiger partial charge in [0, 0.05) is 0 Å². The molecule has 0 aromatic heterocycles.